The predicted octanol–water partition coefficient (Wildman–Crippen LogP) is 6.46. The molecule has 4 aromatic rings. The molecule has 4 rings (SSSR count). The highest BCUT2D eigenvalue weighted by atomic mass is 35.5. The molecule has 0 bridgehead atoms. The minimum atomic E-state index is -0.0135. The number of carbonyl (C=O) groups is 1. The van der Waals surface area contributed by atoms with Crippen molar-refractivity contribution >= 4 is 28.5 Å². The lowest BCUT2D eigenvalue weighted by molar-refractivity contribution is -0.120. The van der Waals surface area contributed by atoms with Crippen molar-refractivity contribution in [2.75, 3.05) is 13.2 Å². The van der Waals surface area contributed by atoms with Gasteiger partial charge in [0.25, 0.3) is 0 Å². The highest BCUT2D eigenvalue weighted by molar-refractivity contribution is 6.31. The van der Waals surface area contributed by atoms with Gasteiger partial charge in [0.2, 0.25) is 5.91 Å². The summed E-state index contributed by atoms with van der Waals surface area (Å²) in [6.45, 7) is 6.38. The average Bonchev–Trinajstić information content (AvgIpc) is 3.21. The zero-order valence-electron chi connectivity index (χ0n) is 21.1. The second-order valence-electron chi connectivity index (χ2n) is 9.21. The number of para-hydroxylation sites is 2. The Morgan fingerprint density at radius 3 is 2.64 bits per heavy atom. The fourth-order valence-electron chi connectivity index (χ4n) is 4.43. The summed E-state index contributed by atoms with van der Waals surface area (Å²) in [5.74, 6) is 2.01. The minimum absolute atomic E-state index is 0.0135. The first-order valence-corrected chi connectivity index (χ1v) is 13.0. The minimum Gasteiger partial charge on any atom is -0.493 e. The first kappa shape index (κ1) is 25.8. The van der Waals surface area contributed by atoms with Gasteiger partial charge in [-0.3, -0.25) is 4.79 Å². The number of rotatable bonds is 12. The van der Waals surface area contributed by atoms with Crippen molar-refractivity contribution < 1.29 is 9.53 Å². The standard InChI is InChI=1S/C30H34ClN3O2/c1-22-15-16-28(23(2)20-22)36-19-8-7-18-34-27-13-6-5-12-26(27)33-29(34)14-9-17-32-30(35)21-24-10-3-4-11-25(24)31/h3-6,10-13,15-16,20H,7-9,14,17-19,21H2,1-2H3,(H,32,35). The molecule has 5 nitrogen and oxygen atoms in total. The number of nitrogens with zero attached hydrogens (tertiary/aromatic N) is 2. The Labute approximate surface area is 218 Å². The van der Waals surface area contributed by atoms with E-state index in [1.54, 1.807) is 0 Å². The van der Waals surface area contributed by atoms with E-state index in [0.717, 1.165) is 60.4 Å². The Hall–Kier alpha value is -3.31. The molecule has 6 heteroatoms. The normalized spacial score (nSPS) is 11.1. The van der Waals surface area contributed by atoms with E-state index in [4.69, 9.17) is 21.3 Å². The van der Waals surface area contributed by atoms with Gasteiger partial charge in [0.15, 0.2) is 0 Å². The van der Waals surface area contributed by atoms with Crippen molar-refractivity contribution in [1.82, 2.24) is 14.9 Å². The van der Waals surface area contributed by atoms with Crippen LogP contribution in [0, 0.1) is 13.8 Å². The maximum Gasteiger partial charge on any atom is 0.224 e. The molecular weight excluding hydrogens is 470 g/mol. The van der Waals surface area contributed by atoms with E-state index >= 15 is 0 Å². The Morgan fingerprint density at radius 1 is 1.00 bits per heavy atom. The molecule has 36 heavy (non-hydrogen) atoms. The number of fused-ring (bicyclic) bond motifs is 1. The number of hydrogen-bond acceptors (Lipinski definition) is 3. The molecule has 1 heterocycles. The molecule has 0 aliphatic heterocycles. The summed E-state index contributed by atoms with van der Waals surface area (Å²) in [6.07, 6.45) is 3.90. The average molecular weight is 504 g/mol. The molecule has 1 N–H and O–H groups in total. The summed E-state index contributed by atoms with van der Waals surface area (Å²) in [4.78, 5) is 17.2. The van der Waals surface area contributed by atoms with Gasteiger partial charge < -0.3 is 14.6 Å². The molecule has 0 radical (unpaired) electrons. The number of carbonyl (C=O) groups excluding carboxylic acids is 1. The van der Waals surface area contributed by atoms with Crippen LogP contribution in [0.3, 0.4) is 0 Å². The van der Waals surface area contributed by atoms with Gasteiger partial charge in [-0.2, -0.15) is 0 Å². The monoisotopic (exact) mass is 503 g/mol. The van der Waals surface area contributed by atoms with Gasteiger partial charge in [0, 0.05) is 24.5 Å². The molecule has 0 fully saturated rings. The zero-order valence-corrected chi connectivity index (χ0v) is 21.9. The Balaban J connectivity index is 1.27. The maximum absolute atomic E-state index is 12.3. The molecule has 0 unspecified atom stereocenters. The molecule has 0 saturated carbocycles. The number of benzene rings is 3. The number of halogens is 1. The third-order valence-electron chi connectivity index (χ3n) is 6.31. The number of aromatic nitrogens is 2. The van der Waals surface area contributed by atoms with Crippen LogP contribution >= 0.6 is 11.6 Å². The Morgan fingerprint density at radius 2 is 1.81 bits per heavy atom. The molecule has 3 aromatic carbocycles. The van der Waals surface area contributed by atoms with Crippen molar-refractivity contribution in [3.8, 4) is 5.75 Å². The van der Waals surface area contributed by atoms with E-state index in [-0.39, 0.29) is 5.91 Å². The lowest BCUT2D eigenvalue weighted by atomic mass is 10.1. The Kier molecular flexibility index (Phi) is 9.01. The van der Waals surface area contributed by atoms with Crippen LogP contribution in [-0.4, -0.2) is 28.6 Å². The predicted molar refractivity (Wildman–Crippen MR) is 147 cm³/mol. The largest absolute Gasteiger partial charge is 0.493 e. The zero-order chi connectivity index (χ0) is 25.3. The van der Waals surface area contributed by atoms with Crippen LogP contribution in [0.1, 0.15) is 41.8 Å². The fourth-order valence-corrected chi connectivity index (χ4v) is 4.64. The van der Waals surface area contributed by atoms with Crippen molar-refractivity contribution in [3.05, 3.63) is 94.3 Å². The number of imidazole rings is 1. The first-order chi connectivity index (χ1) is 17.5. The van der Waals surface area contributed by atoms with Gasteiger partial charge in [0.1, 0.15) is 11.6 Å². The van der Waals surface area contributed by atoms with Gasteiger partial charge in [-0.15, -0.1) is 0 Å². The molecule has 1 aromatic heterocycles. The number of amides is 1. The molecule has 0 spiro atoms. The van der Waals surface area contributed by atoms with Gasteiger partial charge >= 0.3 is 0 Å². The van der Waals surface area contributed by atoms with E-state index in [1.807, 2.05) is 30.3 Å². The number of ether oxygens (including phenoxy) is 1. The van der Waals surface area contributed by atoms with Crippen molar-refractivity contribution in [1.29, 1.82) is 0 Å². The summed E-state index contributed by atoms with van der Waals surface area (Å²) in [6, 6.07) is 22.0. The maximum atomic E-state index is 12.3. The highest BCUT2D eigenvalue weighted by Gasteiger charge is 2.11. The van der Waals surface area contributed by atoms with E-state index < -0.39 is 0 Å². The fraction of sp³-hybridized carbons (Fsp3) is 0.333. The van der Waals surface area contributed by atoms with E-state index in [1.165, 1.54) is 11.1 Å². The summed E-state index contributed by atoms with van der Waals surface area (Å²) < 4.78 is 8.32. The summed E-state index contributed by atoms with van der Waals surface area (Å²) in [5, 5.41) is 3.64. The molecule has 188 valence electrons. The van der Waals surface area contributed by atoms with E-state index in [0.29, 0.717) is 24.6 Å². The van der Waals surface area contributed by atoms with Gasteiger partial charge in [-0.25, -0.2) is 4.98 Å². The summed E-state index contributed by atoms with van der Waals surface area (Å²) in [5.41, 5.74) is 5.45. The van der Waals surface area contributed by atoms with Crippen LogP contribution in [0.4, 0.5) is 0 Å². The summed E-state index contributed by atoms with van der Waals surface area (Å²) >= 11 is 6.17. The summed E-state index contributed by atoms with van der Waals surface area (Å²) in [7, 11) is 0. The third kappa shape index (κ3) is 6.88. The SMILES string of the molecule is Cc1ccc(OCCCCn2c(CCCNC(=O)Cc3ccccc3Cl)nc3ccccc32)c(C)c1. The molecule has 0 atom stereocenters. The van der Waals surface area contributed by atoms with Crippen molar-refractivity contribution in [2.24, 2.45) is 0 Å². The second-order valence-corrected chi connectivity index (χ2v) is 9.62. The van der Waals surface area contributed by atoms with Crippen molar-refractivity contribution in [2.45, 2.75) is 52.5 Å². The highest BCUT2D eigenvalue weighted by Crippen LogP contribution is 2.21. The van der Waals surface area contributed by atoms with Crippen molar-refractivity contribution in [3.63, 3.8) is 0 Å². The number of nitrogens with one attached hydrogen (secondary N) is 1. The number of hydrogen-bond donors (Lipinski definition) is 1. The van der Waals surface area contributed by atoms with Crippen LogP contribution in [0.15, 0.2) is 66.7 Å². The van der Waals surface area contributed by atoms with Crippen LogP contribution < -0.4 is 10.1 Å². The molecular formula is C30H34ClN3O2. The van der Waals surface area contributed by atoms with E-state index in [2.05, 4.69) is 60.1 Å². The molecule has 0 aliphatic rings. The van der Waals surface area contributed by atoms with Crippen LogP contribution in [-0.2, 0) is 24.2 Å². The van der Waals surface area contributed by atoms with Crippen LogP contribution in [0.5, 0.6) is 5.75 Å². The topological polar surface area (TPSA) is 56.1 Å². The lowest BCUT2D eigenvalue weighted by Crippen LogP contribution is -2.26. The molecule has 0 aliphatic carbocycles. The first-order valence-electron chi connectivity index (χ1n) is 12.7. The molecule has 1 amide bonds. The van der Waals surface area contributed by atoms with Gasteiger partial charge in [-0.1, -0.05) is 59.6 Å². The lowest BCUT2D eigenvalue weighted by Gasteiger charge is -2.12. The molecule has 0 saturated heterocycles. The third-order valence-corrected chi connectivity index (χ3v) is 6.67. The smallest absolute Gasteiger partial charge is 0.224 e. The Bertz CT molecular complexity index is 1310. The van der Waals surface area contributed by atoms with Crippen LogP contribution in [0.2, 0.25) is 5.02 Å². The number of unbranched alkanes of at least 4 members (excludes halogenated alkanes) is 1. The van der Waals surface area contributed by atoms with Crippen LogP contribution in [0.25, 0.3) is 11.0 Å². The van der Waals surface area contributed by atoms with E-state index in [9.17, 15) is 4.79 Å². The van der Waals surface area contributed by atoms with Gasteiger partial charge in [0.05, 0.1) is 24.1 Å². The second kappa shape index (κ2) is 12.6. The number of aryl methyl sites for hydroxylation is 4. The quantitative estimate of drug-likeness (QED) is 0.226. The van der Waals surface area contributed by atoms with Gasteiger partial charge in [-0.05, 0) is 68.5 Å².